The molecule has 0 saturated carbocycles. The molecule has 1 unspecified atom stereocenters. The van der Waals surface area contributed by atoms with Crippen molar-refractivity contribution in [1.29, 1.82) is 0 Å². The Hall–Kier alpha value is -3.08. The molecular formula is C24H29N5. The number of aromatic nitrogens is 2. The SMILES string of the molecule is CN=C(NCc1nccn1Cc1ccccc1)N1CCC(Cc2ccccc2)C1. The summed E-state index contributed by atoms with van der Waals surface area (Å²) in [5.74, 6) is 2.67. The molecule has 1 aromatic heterocycles. The fraction of sp³-hybridized carbons (Fsp3) is 0.333. The Morgan fingerprint density at radius 2 is 1.79 bits per heavy atom. The minimum atomic E-state index is 0.673. The average Bonchev–Trinajstić information content (AvgIpc) is 3.40. The van der Waals surface area contributed by atoms with E-state index in [2.05, 4.69) is 79.4 Å². The minimum absolute atomic E-state index is 0.673. The predicted octanol–water partition coefficient (Wildman–Crippen LogP) is 3.57. The molecule has 1 atom stereocenters. The molecule has 0 amide bonds. The lowest BCUT2D eigenvalue weighted by atomic mass is 9.99. The van der Waals surface area contributed by atoms with E-state index >= 15 is 0 Å². The van der Waals surface area contributed by atoms with E-state index in [-0.39, 0.29) is 0 Å². The summed E-state index contributed by atoms with van der Waals surface area (Å²) in [6.07, 6.45) is 6.25. The van der Waals surface area contributed by atoms with Crippen molar-refractivity contribution in [3.63, 3.8) is 0 Å². The molecule has 4 rings (SSSR count). The minimum Gasteiger partial charge on any atom is -0.349 e. The van der Waals surface area contributed by atoms with E-state index in [1.165, 1.54) is 17.5 Å². The van der Waals surface area contributed by atoms with Gasteiger partial charge in [-0.1, -0.05) is 60.7 Å². The fourth-order valence-electron chi connectivity index (χ4n) is 4.06. The second-order valence-electron chi connectivity index (χ2n) is 7.65. The zero-order valence-corrected chi connectivity index (χ0v) is 17.0. The summed E-state index contributed by atoms with van der Waals surface area (Å²) in [5.41, 5.74) is 2.70. The van der Waals surface area contributed by atoms with E-state index in [9.17, 15) is 0 Å². The monoisotopic (exact) mass is 387 g/mol. The number of nitrogens with one attached hydrogen (secondary N) is 1. The highest BCUT2D eigenvalue weighted by Gasteiger charge is 2.25. The lowest BCUT2D eigenvalue weighted by Gasteiger charge is -2.22. The molecule has 1 fully saturated rings. The van der Waals surface area contributed by atoms with Gasteiger partial charge in [-0.3, -0.25) is 4.99 Å². The van der Waals surface area contributed by atoms with E-state index < -0.39 is 0 Å². The number of imidazole rings is 1. The molecule has 1 aliphatic heterocycles. The van der Waals surface area contributed by atoms with Crippen LogP contribution in [0.15, 0.2) is 78.0 Å². The van der Waals surface area contributed by atoms with Crippen LogP contribution >= 0.6 is 0 Å². The molecule has 1 saturated heterocycles. The molecule has 0 radical (unpaired) electrons. The largest absolute Gasteiger partial charge is 0.349 e. The topological polar surface area (TPSA) is 45.5 Å². The first-order valence-electron chi connectivity index (χ1n) is 10.4. The second kappa shape index (κ2) is 9.41. The molecule has 150 valence electrons. The van der Waals surface area contributed by atoms with Gasteiger partial charge in [-0.15, -0.1) is 0 Å². The maximum absolute atomic E-state index is 4.54. The van der Waals surface area contributed by atoms with Gasteiger partial charge < -0.3 is 14.8 Å². The van der Waals surface area contributed by atoms with Crippen molar-refractivity contribution in [3.05, 3.63) is 90.0 Å². The van der Waals surface area contributed by atoms with E-state index in [0.717, 1.165) is 37.8 Å². The zero-order chi connectivity index (χ0) is 19.9. The number of hydrogen-bond acceptors (Lipinski definition) is 2. The van der Waals surface area contributed by atoms with Crippen molar-refractivity contribution in [1.82, 2.24) is 19.8 Å². The van der Waals surface area contributed by atoms with Crippen molar-refractivity contribution in [3.8, 4) is 0 Å². The maximum atomic E-state index is 4.54. The summed E-state index contributed by atoms with van der Waals surface area (Å²) < 4.78 is 2.19. The van der Waals surface area contributed by atoms with Crippen LogP contribution in [0.3, 0.4) is 0 Å². The Labute approximate surface area is 173 Å². The van der Waals surface area contributed by atoms with Gasteiger partial charge in [0.2, 0.25) is 0 Å². The van der Waals surface area contributed by atoms with Crippen LogP contribution in [0.25, 0.3) is 0 Å². The van der Waals surface area contributed by atoms with Crippen LogP contribution in [-0.2, 0) is 19.5 Å². The first-order chi connectivity index (χ1) is 14.3. The van der Waals surface area contributed by atoms with Gasteiger partial charge >= 0.3 is 0 Å². The summed E-state index contributed by atoms with van der Waals surface area (Å²) in [5, 5.41) is 3.52. The number of likely N-dealkylation sites (tertiary alicyclic amines) is 1. The number of hydrogen-bond donors (Lipinski definition) is 1. The predicted molar refractivity (Wildman–Crippen MR) is 118 cm³/mol. The zero-order valence-electron chi connectivity index (χ0n) is 17.0. The fourth-order valence-corrected chi connectivity index (χ4v) is 4.06. The van der Waals surface area contributed by atoms with Crippen molar-refractivity contribution >= 4 is 5.96 Å². The number of nitrogens with zero attached hydrogens (tertiary/aromatic N) is 4. The summed E-state index contributed by atoms with van der Waals surface area (Å²) in [7, 11) is 1.86. The Bertz CT molecular complexity index is 917. The van der Waals surface area contributed by atoms with Gasteiger partial charge in [-0.05, 0) is 29.9 Å². The lowest BCUT2D eigenvalue weighted by Crippen LogP contribution is -2.40. The average molecular weight is 388 g/mol. The molecule has 0 aliphatic carbocycles. The van der Waals surface area contributed by atoms with Crippen molar-refractivity contribution in [2.24, 2.45) is 10.9 Å². The standard InChI is InChI=1S/C24H29N5/c1-25-24(29-14-12-22(19-29)16-20-8-4-2-5-9-20)27-17-23-26-13-15-28(23)18-21-10-6-3-7-11-21/h2-11,13,15,22H,12,14,16-19H2,1H3,(H,25,27). The van der Waals surface area contributed by atoms with Crippen LogP contribution in [0, 0.1) is 5.92 Å². The smallest absolute Gasteiger partial charge is 0.194 e. The molecule has 2 heterocycles. The van der Waals surface area contributed by atoms with Gasteiger partial charge in [0.1, 0.15) is 5.82 Å². The lowest BCUT2D eigenvalue weighted by molar-refractivity contribution is 0.458. The van der Waals surface area contributed by atoms with Crippen molar-refractivity contribution in [2.75, 3.05) is 20.1 Å². The first-order valence-corrected chi connectivity index (χ1v) is 10.4. The van der Waals surface area contributed by atoms with Crippen LogP contribution < -0.4 is 5.32 Å². The molecule has 1 aliphatic rings. The van der Waals surface area contributed by atoms with Gasteiger partial charge in [0, 0.05) is 39.1 Å². The first kappa shape index (κ1) is 19.2. The van der Waals surface area contributed by atoms with Gasteiger partial charge in [0.05, 0.1) is 6.54 Å². The highest BCUT2D eigenvalue weighted by atomic mass is 15.3. The number of guanidine groups is 1. The number of rotatable bonds is 6. The molecule has 5 nitrogen and oxygen atoms in total. The highest BCUT2D eigenvalue weighted by molar-refractivity contribution is 5.80. The molecule has 1 N–H and O–H groups in total. The van der Waals surface area contributed by atoms with E-state index in [0.29, 0.717) is 12.5 Å². The Morgan fingerprint density at radius 1 is 1.07 bits per heavy atom. The van der Waals surface area contributed by atoms with Crippen LogP contribution in [0.2, 0.25) is 0 Å². The number of aliphatic imine (C=N–C) groups is 1. The van der Waals surface area contributed by atoms with E-state index in [1.54, 1.807) is 0 Å². The van der Waals surface area contributed by atoms with Gasteiger partial charge in [0.15, 0.2) is 5.96 Å². The summed E-state index contributed by atoms with van der Waals surface area (Å²) in [4.78, 5) is 11.4. The molecule has 2 aromatic carbocycles. The molecule has 3 aromatic rings. The second-order valence-corrected chi connectivity index (χ2v) is 7.65. The van der Waals surface area contributed by atoms with E-state index in [1.807, 2.05) is 25.5 Å². The Balaban J connectivity index is 1.32. The Kier molecular flexibility index (Phi) is 6.25. The normalized spacial score (nSPS) is 16.9. The molecule has 0 spiro atoms. The molecule has 0 bridgehead atoms. The van der Waals surface area contributed by atoms with Gasteiger partial charge in [-0.25, -0.2) is 4.98 Å². The van der Waals surface area contributed by atoms with Crippen LogP contribution in [0.4, 0.5) is 0 Å². The third kappa shape index (κ3) is 5.05. The Morgan fingerprint density at radius 3 is 2.52 bits per heavy atom. The van der Waals surface area contributed by atoms with Gasteiger partial charge in [-0.2, -0.15) is 0 Å². The van der Waals surface area contributed by atoms with Crippen molar-refractivity contribution in [2.45, 2.75) is 25.9 Å². The summed E-state index contributed by atoms with van der Waals surface area (Å²) in [6.45, 7) is 3.61. The number of benzene rings is 2. The van der Waals surface area contributed by atoms with Gasteiger partial charge in [0.25, 0.3) is 0 Å². The van der Waals surface area contributed by atoms with Crippen LogP contribution in [-0.4, -0.2) is 40.5 Å². The third-order valence-corrected chi connectivity index (χ3v) is 5.57. The summed E-state index contributed by atoms with van der Waals surface area (Å²) >= 11 is 0. The van der Waals surface area contributed by atoms with Crippen molar-refractivity contribution < 1.29 is 0 Å². The third-order valence-electron chi connectivity index (χ3n) is 5.57. The highest BCUT2D eigenvalue weighted by Crippen LogP contribution is 2.21. The molecule has 29 heavy (non-hydrogen) atoms. The van der Waals surface area contributed by atoms with E-state index in [4.69, 9.17) is 0 Å². The summed E-state index contributed by atoms with van der Waals surface area (Å²) in [6, 6.07) is 21.3. The van der Waals surface area contributed by atoms with Crippen LogP contribution in [0.1, 0.15) is 23.4 Å². The molecular weight excluding hydrogens is 358 g/mol. The van der Waals surface area contributed by atoms with Crippen LogP contribution in [0.5, 0.6) is 0 Å². The quantitative estimate of drug-likeness (QED) is 0.519. The molecule has 5 heteroatoms. The maximum Gasteiger partial charge on any atom is 0.194 e.